The van der Waals surface area contributed by atoms with Gasteiger partial charge in [-0.2, -0.15) is 0 Å². The summed E-state index contributed by atoms with van der Waals surface area (Å²) >= 11 is 4.79. The summed E-state index contributed by atoms with van der Waals surface area (Å²) in [4.78, 5) is 0.937. The number of thiophene rings is 1. The van der Waals surface area contributed by atoms with Crippen LogP contribution in [-0.4, -0.2) is 11.5 Å². The standard InChI is InChI=1S/C13H10BrF3O2S/c14-12-5-4-10(20-12)7-11(18)8-2-1-3-9(6-8)19-13(15,16)17/h1-6,11,18H,7H2. The lowest BCUT2D eigenvalue weighted by Gasteiger charge is -2.13. The number of halogens is 4. The number of rotatable bonds is 4. The molecule has 1 N–H and O–H groups in total. The number of hydrogen-bond acceptors (Lipinski definition) is 3. The molecule has 2 aromatic rings. The second-order valence-electron chi connectivity index (χ2n) is 4.05. The number of alkyl halides is 3. The molecule has 108 valence electrons. The maximum absolute atomic E-state index is 12.1. The van der Waals surface area contributed by atoms with Gasteiger partial charge in [0, 0.05) is 11.3 Å². The van der Waals surface area contributed by atoms with Crippen LogP contribution in [-0.2, 0) is 6.42 Å². The van der Waals surface area contributed by atoms with Crippen LogP contribution >= 0.6 is 27.3 Å². The molecule has 0 saturated carbocycles. The first-order valence-electron chi connectivity index (χ1n) is 5.61. The third-order valence-electron chi connectivity index (χ3n) is 2.50. The van der Waals surface area contributed by atoms with Crippen molar-refractivity contribution in [3.05, 3.63) is 50.6 Å². The topological polar surface area (TPSA) is 29.5 Å². The van der Waals surface area contributed by atoms with E-state index in [2.05, 4.69) is 20.7 Å². The van der Waals surface area contributed by atoms with Gasteiger partial charge in [-0.15, -0.1) is 24.5 Å². The minimum Gasteiger partial charge on any atom is -0.406 e. The van der Waals surface area contributed by atoms with Crippen LogP contribution in [0.2, 0.25) is 0 Å². The van der Waals surface area contributed by atoms with Gasteiger partial charge in [0.1, 0.15) is 5.75 Å². The van der Waals surface area contributed by atoms with Gasteiger partial charge in [-0.25, -0.2) is 0 Å². The summed E-state index contributed by atoms with van der Waals surface area (Å²) < 4.78 is 41.2. The molecular formula is C13H10BrF3O2S. The van der Waals surface area contributed by atoms with E-state index in [0.717, 1.165) is 8.66 Å². The molecule has 2 rings (SSSR count). The molecule has 0 aliphatic heterocycles. The van der Waals surface area contributed by atoms with Gasteiger partial charge >= 0.3 is 6.36 Å². The lowest BCUT2D eigenvalue weighted by Crippen LogP contribution is -2.17. The van der Waals surface area contributed by atoms with Crippen molar-refractivity contribution in [2.45, 2.75) is 18.9 Å². The Morgan fingerprint density at radius 3 is 2.60 bits per heavy atom. The lowest BCUT2D eigenvalue weighted by atomic mass is 10.1. The van der Waals surface area contributed by atoms with Crippen molar-refractivity contribution in [2.75, 3.05) is 0 Å². The molecule has 0 amide bonds. The lowest BCUT2D eigenvalue weighted by molar-refractivity contribution is -0.274. The Bertz CT molecular complexity index is 583. The highest BCUT2D eigenvalue weighted by Crippen LogP contribution is 2.29. The van der Waals surface area contributed by atoms with Crippen LogP contribution in [0.4, 0.5) is 13.2 Å². The molecule has 0 fully saturated rings. The fourth-order valence-electron chi connectivity index (χ4n) is 1.69. The van der Waals surface area contributed by atoms with E-state index in [9.17, 15) is 18.3 Å². The van der Waals surface area contributed by atoms with E-state index in [-0.39, 0.29) is 5.75 Å². The van der Waals surface area contributed by atoms with Gasteiger partial charge < -0.3 is 9.84 Å². The van der Waals surface area contributed by atoms with Gasteiger partial charge in [-0.3, -0.25) is 0 Å². The SMILES string of the molecule is OC(Cc1ccc(Br)s1)c1cccc(OC(F)(F)F)c1. The zero-order chi connectivity index (χ0) is 14.8. The summed E-state index contributed by atoms with van der Waals surface area (Å²) in [7, 11) is 0. The molecule has 0 spiro atoms. The van der Waals surface area contributed by atoms with Gasteiger partial charge in [0.15, 0.2) is 0 Å². The predicted octanol–water partition coefficient (Wildman–Crippen LogP) is 4.69. The summed E-state index contributed by atoms with van der Waals surface area (Å²) in [6, 6.07) is 9.09. The monoisotopic (exact) mass is 366 g/mol. The highest BCUT2D eigenvalue weighted by atomic mass is 79.9. The third kappa shape index (κ3) is 4.50. The molecule has 0 radical (unpaired) electrons. The smallest absolute Gasteiger partial charge is 0.406 e. The van der Waals surface area contributed by atoms with Crippen molar-refractivity contribution in [2.24, 2.45) is 0 Å². The van der Waals surface area contributed by atoms with Gasteiger partial charge in [0.2, 0.25) is 0 Å². The van der Waals surface area contributed by atoms with E-state index in [1.54, 1.807) is 6.07 Å². The maximum atomic E-state index is 12.1. The maximum Gasteiger partial charge on any atom is 0.573 e. The van der Waals surface area contributed by atoms with Crippen LogP contribution in [0.3, 0.4) is 0 Å². The van der Waals surface area contributed by atoms with E-state index in [4.69, 9.17) is 0 Å². The largest absolute Gasteiger partial charge is 0.573 e. The summed E-state index contributed by atoms with van der Waals surface area (Å²) in [5.74, 6) is -0.332. The van der Waals surface area contributed by atoms with E-state index >= 15 is 0 Å². The molecule has 0 aliphatic carbocycles. The second kappa shape index (κ2) is 6.15. The van der Waals surface area contributed by atoms with Crippen LogP contribution in [0.5, 0.6) is 5.75 Å². The minimum atomic E-state index is -4.73. The van der Waals surface area contributed by atoms with Gasteiger partial charge in [0.05, 0.1) is 9.89 Å². The number of aliphatic hydroxyl groups excluding tert-OH is 1. The zero-order valence-electron chi connectivity index (χ0n) is 10.0. The predicted molar refractivity (Wildman–Crippen MR) is 73.8 cm³/mol. The highest BCUT2D eigenvalue weighted by molar-refractivity contribution is 9.11. The first kappa shape index (κ1) is 15.3. The van der Waals surface area contributed by atoms with Crippen LogP contribution in [0.15, 0.2) is 40.2 Å². The molecule has 1 atom stereocenters. The van der Waals surface area contributed by atoms with Crippen molar-refractivity contribution in [1.82, 2.24) is 0 Å². The Kier molecular flexibility index (Phi) is 4.72. The van der Waals surface area contributed by atoms with Gasteiger partial charge in [0.25, 0.3) is 0 Å². The fourth-order valence-corrected chi connectivity index (χ4v) is 3.21. The van der Waals surface area contributed by atoms with Crippen LogP contribution in [0, 0.1) is 0 Å². The summed E-state index contributed by atoms with van der Waals surface area (Å²) in [6.07, 6.45) is -5.27. The third-order valence-corrected chi connectivity index (χ3v) is 4.15. The van der Waals surface area contributed by atoms with Gasteiger partial charge in [-0.1, -0.05) is 12.1 Å². The first-order chi connectivity index (χ1) is 9.33. The van der Waals surface area contributed by atoms with Crippen molar-refractivity contribution < 1.29 is 23.0 Å². The number of aliphatic hydroxyl groups is 1. The minimum absolute atomic E-state index is 0.332. The summed E-state index contributed by atoms with van der Waals surface area (Å²) in [5.41, 5.74) is 0.385. The van der Waals surface area contributed by atoms with Crippen molar-refractivity contribution in [1.29, 1.82) is 0 Å². The average Bonchev–Trinajstić information content (AvgIpc) is 2.73. The molecule has 20 heavy (non-hydrogen) atoms. The zero-order valence-corrected chi connectivity index (χ0v) is 12.4. The average molecular weight is 367 g/mol. The highest BCUT2D eigenvalue weighted by Gasteiger charge is 2.31. The molecule has 0 aliphatic rings. The normalized spacial score (nSPS) is 13.2. The fraction of sp³-hybridized carbons (Fsp3) is 0.231. The Morgan fingerprint density at radius 2 is 2.00 bits per heavy atom. The molecule has 0 saturated heterocycles. The molecule has 0 bridgehead atoms. The molecule has 7 heteroatoms. The Morgan fingerprint density at radius 1 is 1.25 bits per heavy atom. The molecule has 1 aromatic heterocycles. The quantitative estimate of drug-likeness (QED) is 0.850. The van der Waals surface area contributed by atoms with Crippen LogP contribution in [0.1, 0.15) is 16.5 Å². The van der Waals surface area contributed by atoms with Gasteiger partial charge in [-0.05, 0) is 45.8 Å². The molecule has 1 aromatic carbocycles. The molecule has 1 heterocycles. The van der Waals surface area contributed by atoms with E-state index in [1.165, 1.54) is 29.5 Å². The van der Waals surface area contributed by atoms with E-state index in [1.807, 2.05) is 12.1 Å². The second-order valence-corrected chi connectivity index (χ2v) is 6.59. The number of benzene rings is 1. The molecule has 1 unspecified atom stereocenters. The summed E-state index contributed by atoms with van der Waals surface area (Å²) in [6.45, 7) is 0. The van der Waals surface area contributed by atoms with Crippen molar-refractivity contribution in [3.63, 3.8) is 0 Å². The number of ether oxygens (including phenoxy) is 1. The Labute approximate surface area is 125 Å². The summed E-state index contributed by atoms with van der Waals surface area (Å²) in [5, 5.41) is 10.1. The van der Waals surface area contributed by atoms with E-state index < -0.39 is 12.5 Å². The first-order valence-corrected chi connectivity index (χ1v) is 7.22. The van der Waals surface area contributed by atoms with E-state index in [0.29, 0.717) is 12.0 Å². The Balaban J connectivity index is 2.10. The van der Waals surface area contributed by atoms with Crippen molar-refractivity contribution >= 4 is 27.3 Å². The molecular weight excluding hydrogens is 357 g/mol. The van der Waals surface area contributed by atoms with Crippen LogP contribution < -0.4 is 4.74 Å². The number of hydrogen-bond donors (Lipinski definition) is 1. The van der Waals surface area contributed by atoms with Crippen molar-refractivity contribution in [3.8, 4) is 5.75 Å². The Hall–Kier alpha value is -1.05. The molecule has 2 nitrogen and oxygen atoms in total. The van der Waals surface area contributed by atoms with Crippen LogP contribution in [0.25, 0.3) is 0 Å².